The van der Waals surface area contributed by atoms with Crippen molar-refractivity contribution in [3.8, 4) is 0 Å². The van der Waals surface area contributed by atoms with Gasteiger partial charge in [-0.05, 0) is 48.4 Å². The summed E-state index contributed by atoms with van der Waals surface area (Å²) in [7, 11) is 0. The molecular weight excluding hydrogens is 425 g/mol. The Kier molecular flexibility index (Phi) is 5.65. The highest BCUT2D eigenvalue weighted by Gasteiger charge is 2.23. The number of hydrogen-bond donors (Lipinski definition) is 1. The number of aryl methyl sites for hydroxylation is 1. The van der Waals surface area contributed by atoms with Crippen molar-refractivity contribution < 1.29 is 9.18 Å². The van der Waals surface area contributed by atoms with E-state index in [2.05, 4.69) is 9.97 Å². The predicted molar refractivity (Wildman–Crippen MR) is 118 cm³/mol. The Balaban J connectivity index is 1.85. The number of amides is 1. The van der Waals surface area contributed by atoms with Gasteiger partial charge in [-0.25, -0.2) is 9.37 Å². The summed E-state index contributed by atoms with van der Waals surface area (Å²) in [4.78, 5) is 34.5. The predicted octanol–water partition coefficient (Wildman–Crippen LogP) is 5.02. The average Bonchev–Trinajstić information content (AvgIpc) is 3.16. The van der Waals surface area contributed by atoms with Crippen molar-refractivity contribution in [1.29, 1.82) is 0 Å². The monoisotopic (exact) mass is 441 g/mol. The number of H-pyrrole nitrogens is 1. The van der Waals surface area contributed by atoms with Crippen molar-refractivity contribution in [3.05, 3.63) is 91.9 Å². The molecule has 0 saturated carbocycles. The molecule has 0 aliphatic heterocycles. The normalized spacial score (nSPS) is 11.0. The van der Waals surface area contributed by atoms with Crippen LogP contribution in [0.15, 0.2) is 58.8 Å². The summed E-state index contributed by atoms with van der Waals surface area (Å²) in [5.74, 6) is -0.363. The van der Waals surface area contributed by atoms with Crippen molar-refractivity contribution in [2.75, 3.05) is 4.90 Å². The summed E-state index contributed by atoms with van der Waals surface area (Å²) in [6.45, 7) is 1.91. The first-order valence-electron chi connectivity index (χ1n) is 9.14. The van der Waals surface area contributed by atoms with E-state index >= 15 is 0 Å². The third-order valence-corrected chi connectivity index (χ3v) is 6.01. The molecular formula is C22H17ClFN3O2S. The highest BCUT2D eigenvalue weighted by molar-refractivity contribution is 7.12. The summed E-state index contributed by atoms with van der Waals surface area (Å²) in [6, 6.07) is 13.0. The van der Waals surface area contributed by atoms with E-state index in [0.29, 0.717) is 38.6 Å². The highest BCUT2D eigenvalue weighted by atomic mass is 35.5. The van der Waals surface area contributed by atoms with E-state index in [1.165, 1.54) is 29.5 Å². The summed E-state index contributed by atoms with van der Waals surface area (Å²) < 4.78 is 13.7. The van der Waals surface area contributed by atoms with Crippen LogP contribution >= 0.6 is 22.9 Å². The van der Waals surface area contributed by atoms with Crippen LogP contribution in [-0.4, -0.2) is 15.9 Å². The number of thiazole rings is 1. The smallest absolute Gasteiger partial charge is 0.270 e. The third-order valence-electron chi connectivity index (χ3n) is 4.78. The van der Waals surface area contributed by atoms with Gasteiger partial charge in [0.15, 0.2) is 0 Å². The molecule has 4 aromatic rings. The van der Waals surface area contributed by atoms with Gasteiger partial charge in [0.05, 0.1) is 23.3 Å². The van der Waals surface area contributed by atoms with Gasteiger partial charge < -0.3 is 9.88 Å². The Morgan fingerprint density at radius 2 is 2.07 bits per heavy atom. The van der Waals surface area contributed by atoms with Crippen LogP contribution in [0, 0.1) is 12.7 Å². The van der Waals surface area contributed by atoms with E-state index in [1.54, 1.807) is 23.4 Å². The lowest BCUT2D eigenvalue weighted by atomic mass is 10.1. The van der Waals surface area contributed by atoms with Gasteiger partial charge in [0.25, 0.3) is 5.91 Å². The number of pyridine rings is 1. The highest BCUT2D eigenvalue weighted by Crippen LogP contribution is 2.26. The molecule has 152 valence electrons. The molecule has 2 aromatic heterocycles. The molecule has 0 radical (unpaired) electrons. The lowest BCUT2D eigenvalue weighted by Gasteiger charge is -2.24. The fourth-order valence-corrected chi connectivity index (χ4v) is 4.24. The average molecular weight is 442 g/mol. The molecule has 0 fully saturated rings. The molecule has 2 aromatic carbocycles. The van der Waals surface area contributed by atoms with Crippen LogP contribution in [-0.2, 0) is 12.4 Å². The van der Waals surface area contributed by atoms with Crippen molar-refractivity contribution >= 4 is 45.4 Å². The number of benzene rings is 2. The van der Waals surface area contributed by atoms with Crippen molar-refractivity contribution in [2.24, 2.45) is 0 Å². The van der Waals surface area contributed by atoms with E-state index in [-0.39, 0.29) is 18.0 Å². The molecule has 30 heavy (non-hydrogen) atoms. The van der Waals surface area contributed by atoms with Crippen molar-refractivity contribution in [1.82, 2.24) is 9.97 Å². The summed E-state index contributed by atoms with van der Waals surface area (Å²) in [5, 5.41) is 0.670. The van der Waals surface area contributed by atoms with Crippen LogP contribution in [0.3, 0.4) is 0 Å². The van der Waals surface area contributed by atoms with Crippen LogP contribution < -0.4 is 10.5 Å². The zero-order valence-electron chi connectivity index (χ0n) is 16.0. The molecule has 1 amide bonds. The van der Waals surface area contributed by atoms with E-state index in [9.17, 15) is 14.0 Å². The van der Waals surface area contributed by atoms with E-state index in [4.69, 9.17) is 11.6 Å². The summed E-state index contributed by atoms with van der Waals surface area (Å²) >= 11 is 7.25. The molecule has 0 aliphatic rings. The second-order valence-corrected chi connectivity index (χ2v) is 7.93. The van der Waals surface area contributed by atoms with Gasteiger partial charge >= 0.3 is 0 Å². The standard InChI is InChI=1S/C22H17ClFN3O2S/c1-13-21(30-12-25-13)22(29)27(17-4-2-3-14(7-17)10-23)11-15-8-20(28)26-19-9-16(24)5-6-18(15)19/h2-9,12H,10-11H2,1H3,(H,26,28). The maximum atomic E-state index is 13.7. The van der Waals surface area contributed by atoms with Gasteiger partial charge in [-0.2, -0.15) is 0 Å². The number of carbonyl (C=O) groups excluding carboxylic acids is 1. The van der Waals surface area contributed by atoms with Gasteiger partial charge in [0, 0.05) is 23.0 Å². The number of rotatable bonds is 5. The molecule has 0 bridgehead atoms. The minimum Gasteiger partial charge on any atom is -0.322 e. The molecule has 8 heteroatoms. The van der Waals surface area contributed by atoms with Crippen LogP contribution in [0.2, 0.25) is 0 Å². The number of halogens is 2. The first-order valence-corrected chi connectivity index (χ1v) is 10.6. The number of alkyl halides is 1. The molecule has 1 N–H and O–H groups in total. The van der Waals surface area contributed by atoms with Crippen LogP contribution in [0.25, 0.3) is 10.9 Å². The van der Waals surface area contributed by atoms with Crippen molar-refractivity contribution in [2.45, 2.75) is 19.3 Å². The SMILES string of the molecule is Cc1ncsc1C(=O)N(Cc1cc(=O)[nH]c2cc(F)ccc12)c1cccc(CCl)c1. The Morgan fingerprint density at radius 3 is 2.80 bits per heavy atom. The fourth-order valence-electron chi connectivity index (χ4n) is 3.32. The van der Waals surface area contributed by atoms with Crippen LogP contribution in [0.4, 0.5) is 10.1 Å². The van der Waals surface area contributed by atoms with Gasteiger partial charge in [-0.1, -0.05) is 12.1 Å². The first kappa shape index (κ1) is 20.3. The number of fused-ring (bicyclic) bond motifs is 1. The van der Waals surface area contributed by atoms with Crippen LogP contribution in [0.1, 0.15) is 26.5 Å². The quantitative estimate of drug-likeness (QED) is 0.442. The molecule has 0 aliphatic carbocycles. The minimum atomic E-state index is -0.446. The zero-order chi connectivity index (χ0) is 21.3. The fraction of sp³-hybridized carbons (Fsp3) is 0.136. The maximum Gasteiger partial charge on any atom is 0.270 e. The number of hydrogen-bond acceptors (Lipinski definition) is 4. The lowest BCUT2D eigenvalue weighted by molar-refractivity contribution is 0.0988. The second kappa shape index (κ2) is 8.38. The number of nitrogens with zero attached hydrogens (tertiary/aromatic N) is 2. The Hall–Kier alpha value is -3.03. The largest absolute Gasteiger partial charge is 0.322 e. The number of anilines is 1. The zero-order valence-corrected chi connectivity index (χ0v) is 17.6. The van der Waals surface area contributed by atoms with Gasteiger partial charge in [0.2, 0.25) is 5.56 Å². The van der Waals surface area contributed by atoms with Crippen LogP contribution in [0.5, 0.6) is 0 Å². The molecule has 0 atom stereocenters. The first-order chi connectivity index (χ1) is 14.5. The summed E-state index contributed by atoms with van der Waals surface area (Å²) in [6.07, 6.45) is 0. The number of nitrogens with one attached hydrogen (secondary N) is 1. The minimum absolute atomic E-state index is 0.133. The molecule has 4 rings (SSSR count). The molecule has 0 unspecified atom stereocenters. The number of aromatic amines is 1. The molecule has 0 spiro atoms. The topological polar surface area (TPSA) is 66.1 Å². The number of carbonyl (C=O) groups is 1. The Labute approximate surface area is 180 Å². The molecule has 0 saturated heterocycles. The Bertz CT molecular complexity index is 1300. The third kappa shape index (κ3) is 3.99. The Morgan fingerprint density at radius 1 is 1.23 bits per heavy atom. The van der Waals surface area contributed by atoms with E-state index in [1.807, 2.05) is 24.3 Å². The summed E-state index contributed by atoms with van der Waals surface area (Å²) in [5.41, 5.74) is 4.42. The number of aromatic nitrogens is 2. The molecule has 2 heterocycles. The van der Waals surface area contributed by atoms with Gasteiger partial charge in [-0.3, -0.25) is 9.59 Å². The molecule has 5 nitrogen and oxygen atoms in total. The van der Waals surface area contributed by atoms with E-state index in [0.717, 1.165) is 5.56 Å². The van der Waals surface area contributed by atoms with Crippen molar-refractivity contribution in [3.63, 3.8) is 0 Å². The second-order valence-electron chi connectivity index (χ2n) is 6.81. The van der Waals surface area contributed by atoms with Gasteiger partial charge in [0.1, 0.15) is 10.7 Å². The van der Waals surface area contributed by atoms with Gasteiger partial charge in [-0.15, -0.1) is 22.9 Å². The lowest BCUT2D eigenvalue weighted by Crippen LogP contribution is -2.31. The van der Waals surface area contributed by atoms with E-state index < -0.39 is 5.82 Å². The maximum absolute atomic E-state index is 13.7.